The highest BCUT2D eigenvalue weighted by atomic mass is 32.2. The fraction of sp³-hybridized carbons (Fsp3) is 0.636. The molecule has 30 heavy (non-hydrogen) atoms. The molecule has 1 heterocycles. The first-order valence-electron chi connectivity index (χ1n) is 10.7. The number of aryl methyl sites for hydroxylation is 3. The molecule has 1 aromatic carbocycles. The minimum atomic E-state index is -3.63. The molecule has 1 atom stereocenters. The molecule has 2 rings (SSSR count). The molecular formula is C22H35N3O4S. The van der Waals surface area contributed by atoms with Gasteiger partial charge in [-0.1, -0.05) is 38.0 Å². The predicted molar refractivity (Wildman–Crippen MR) is 118 cm³/mol. The van der Waals surface area contributed by atoms with E-state index in [1.165, 1.54) is 0 Å². The van der Waals surface area contributed by atoms with Crippen molar-refractivity contribution in [2.75, 3.05) is 19.6 Å². The predicted octanol–water partition coefficient (Wildman–Crippen LogP) is 2.43. The van der Waals surface area contributed by atoms with Crippen LogP contribution in [-0.4, -0.2) is 50.2 Å². The van der Waals surface area contributed by atoms with Crippen LogP contribution in [0.15, 0.2) is 17.0 Å². The van der Waals surface area contributed by atoms with Crippen molar-refractivity contribution in [1.82, 2.24) is 14.9 Å². The Morgan fingerprint density at radius 3 is 2.27 bits per heavy atom. The van der Waals surface area contributed by atoms with E-state index >= 15 is 0 Å². The second kappa shape index (κ2) is 10.4. The van der Waals surface area contributed by atoms with Gasteiger partial charge in [-0.25, -0.2) is 8.42 Å². The van der Waals surface area contributed by atoms with Crippen LogP contribution < -0.4 is 10.6 Å². The molecule has 0 aromatic heterocycles. The van der Waals surface area contributed by atoms with Gasteiger partial charge in [0.1, 0.15) is 0 Å². The molecule has 0 unspecified atom stereocenters. The van der Waals surface area contributed by atoms with Crippen LogP contribution in [0.1, 0.15) is 56.2 Å². The Balaban J connectivity index is 2.06. The number of piperidine rings is 1. The number of hydrogen-bond acceptors (Lipinski definition) is 4. The number of benzene rings is 1. The average Bonchev–Trinajstić information content (AvgIpc) is 2.65. The number of nitrogens with zero attached hydrogens (tertiary/aromatic N) is 1. The fourth-order valence-electron chi connectivity index (χ4n) is 4.08. The summed E-state index contributed by atoms with van der Waals surface area (Å²) in [5.74, 6) is -1.06. The van der Waals surface area contributed by atoms with Gasteiger partial charge in [0.15, 0.2) is 0 Å². The molecule has 1 aliphatic heterocycles. The monoisotopic (exact) mass is 437 g/mol. The van der Waals surface area contributed by atoms with Crippen molar-refractivity contribution >= 4 is 21.8 Å². The van der Waals surface area contributed by atoms with Gasteiger partial charge in [0, 0.05) is 25.7 Å². The SMILES string of the molecule is Cc1cc(C)c(S(=O)(=O)N2CCCC[C@H]2CCNC(=O)C(=O)NCC(C)C)c(C)c1. The van der Waals surface area contributed by atoms with E-state index in [1.54, 1.807) is 4.31 Å². The Morgan fingerprint density at radius 2 is 1.67 bits per heavy atom. The van der Waals surface area contributed by atoms with Crippen LogP contribution in [0.25, 0.3) is 0 Å². The summed E-state index contributed by atoms with van der Waals surface area (Å²) in [4.78, 5) is 24.2. The number of nitrogens with one attached hydrogen (secondary N) is 2. The lowest BCUT2D eigenvalue weighted by atomic mass is 10.0. The summed E-state index contributed by atoms with van der Waals surface area (Å²) in [6.45, 7) is 10.7. The molecule has 2 amide bonds. The summed E-state index contributed by atoms with van der Waals surface area (Å²) >= 11 is 0. The van der Waals surface area contributed by atoms with E-state index in [-0.39, 0.29) is 18.5 Å². The maximum Gasteiger partial charge on any atom is 0.309 e. The molecule has 0 spiro atoms. The normalized spacial score (nSPS) is 17.7. The smallest absolute Gasteiger partial charge is 0.309 e. The zero-order valence-corrected chi connectivity index (χ0v) is 19.6. The number of rotatable bonds is 7. The Hall–Kier alpha value is -1.93. The average molecular weight is 438 g/mol. The van der Waals surface area contributed by atoms with Gasteiger partial charge in [-0.05, 0) is 57.1 Å². The molecule has 1 fully saturated rings. The van der Waals surface area contributed by atoms with Crippen molar-refractivity contribution in [2.24, 2.45) is 5.92 Å². The third-order valence-corrected chi connectivity index (χ3v) is 7.64. The van der Waals surface area contributed by atoms with E-state index in [9.17, 15) is 18.0 Å². The highest BCUT2D eigenvalue weighted by Gasteiger charge is 2.35. The first kappa shape index (κ1) is 24.3. The van der Waals surface area contributed by atoms with Crippen LogP contribution in [0, 0.1) is 26.7 Å². The maximum absolute atomic E-state index is 13.5. The quantitative estimate of drug-likeness (QED) is 0.641. The van der Waals surface area contributed by atoms with Crippen LogP contribution in [-0.2, 0) is 19.6 Å². The molecule has 2 N–H and O–H groups in total. The lowest BCUT2D eigenvalue weighted by Crippen LogP contribution is -2.46. The third kappa shape index (κ3) is 6.04. The van der Waals surface area contributed by atoms with Crippen LogP contribution in [0.5, 0.6) is 0 Å². The molecule has 0 bridgehead atoms. The second-order valence-electron chi connectivity index (χ2n) is 8.64. The van der Waals surface area contributed by atoms with Crippen LogP contribution >= 0.6 is 0 Å². The zero-order valence-electron chi connectivity index (χ0n) is 18.7. The van der Waals surface area contributed by atoms with Crippen LogP contribution in [0.2, 0.25) is 0 Å². The molecule has 168 valence electrons. The molecule has 1 aromatic rings. The topological polar surface area (TPSA) is 95.6 Å². The Kier molecular flexibility index (Phi) is 8.43. The number of sulfonamides is 1. The van der Waals surface area contributed by atoms with E-state index < -0.39 is 21.8 Å². The Bertz CT molecular complexity index is 857. The first-order chi connectivity index (χ1) is 14.0. The van der Waals surface area contributed by atoms with E-state index in [0.29, 0.717) is 24.4 Å². The zero-order chi connectivity index (χ0) is 22.5. The van der Waals surface area contributed by atoms with E-state index in [0.717, 1.165) is 36.0 Å². The minimum Gasteiger partial charge on any atom is -0.348 e. The molecule has 8 heteroatoms. The number of carbonyl (C=O) groups is 2. The molecule has 0 aliphatic carbocycles. The van der Waals surface area contributed by atoms with Gasteiger partial charge in [-0.2, -0.15) is 4.31 Å². The summed E-state index contributed by atoms with van der Waals surface area (Å²) in [5, 5.41) is 5.21. The first-order valence-corrected chi connectivity index (χ1v) is 12.1. The van der Waals surface area contributed by atoms with Crippen molar-refractivity contribution in [3.05, 3.63) is 28.8 Å². The highest BCUT2D eigenvalue weighted by Crippen LogP contribution is 2.31. The van der Waals surface area contributed by atoms with E-state index in [2.05, 4.69) is 10.6 Å². The van der Waals surface area contributed by atoms with Crippen molar-refractivity contribution in [2.45, 2.75) is 71.2 Å². The highest BCUT2D eigenvalue weighted by molar-refractivity contribution is 7.89. The summed E-state index contributed by atoms with van der Waals surface area (Å²) in [6.07, 6.45) is 3.00. The lowest BCUT2D eigenvalue weighted by Gasteiger charge is -2.35. The Labute approximate surface area is 180 Å². The van der Waals surface area contributed by atoms with Gasteiger partial charge in [0.2, 0.25) is 10.0 Å². The molecule has 1 saturated heterocycles. The van der Waals surface area contributed by atoms with E-state index in [4.69, 9.17) is 0 Å². The van der Waals surface area contributed by atoms with Gasteiger partial charge in [-0.15, -0.1) is 0 Å². The molecule has 7 nitrogen and oxygen atoms in total. The van der Waals surface area contributed by atoms with Crippen molar-refractivity contribution in [1.29, 1.82) is 0 Å². The van der Waals surface area contributed by atoms with Gasteiger partial charge < -0.3 is 10.6 Å². The van der Waals surface area contributed by atoms with Crippen LogP contribution in [0.3, 0.4) is 0 Å². The van der Waals surface area contributed by atoms with Gasteiger partial charge in [0.05, 0.1) is 4.90 Å². The third-order valence-electron chi connectivity index (χ3n) is 5.38. The number of amides is 2. The van der Waals surface area contributed by atoms with Gasteiger partial charge in [0.25, 0.3) is 0 Å². The van der Waals surface area contributed by atoms with Crippen molar-refractivity contribution in [3.63, 3.8) is 0 Å². The second-order valence-corrected chi connectivity index (χ2v) is 10.5. The van der Waals surface area contributed by atoms with Gasteiger partial charge >= 0.3 is 11.8 Å². The van der Waals surface area contributed by atoms with Crippen molar-refractivity contribution < 1.29 is 18.0 Å². The molecule has 0 saturated carbocycles. The fourth-order valence-corrected chi connectivity index (χ4v) is 6.22. The summed E-state index contributed by atoms with van der Waals surface area (Å²) in [5.41, 5.74) is 2.55. The number of hydrogen-bond donors (Lipinski definition) is 2. The maximum atomic E-state index is 13.5. The summed E-state index contributed by atoms with van der Waals surface area (Å²) in [6, 6.07) is 3.60. The standard InChI is InChI=1S/C22H35N3O4S/c1-15(2)14-24-22(27)21(26)23-10-9-19-8-6-7-11-25(19)30(28,29)20-17(4)12-16(3)13-18(20)5/h12-13,15,19H,6-11,14H2,1-5H3,(H,23,26)(H,24,27)/t19-/m0/s1. The number of carbonyl (C=O) groups excluding carboxylic acids is 2. The molecule has 0 radical (unpaired) electrons. The molecular weight excluding hydrogens is 402 g/mol. The summed E-state index contributed by atoms with van der Waals surface area (Å²) < 4.78 is 28.5. The van der Waals surface area contributed by atoms with Crippen molar-refractivity contribution in [3.8, 4) is 0 Å². The van der Waals surface area contributed by atoms with E-state index in [1.807, 2.05) is 46.8 Å². The molecule has 1 aliphatic rings. The minimum absolute atomic E-state index is 0.192. The largest absolute Gasteiger partial charge is 0.348 e. The van der Waals surface area contributed by atoms with Gasteiger partial charge in [-0.3, -0.25) is 9.59 Å². The lowest BCUT2D eigenvalue weighted by molar-refractivity contribution is -0.139. The Morgan fingerprint density at radius 1 is 1.07 bits per heavy atom. The van der Waals surface area contributed by atoms with Crippen LogP contribution in [0.4, 0.5) is 0 Å². The summed E-state index contributed by atoms with van der Waals surface area (Å²) in [7, 11) is -3.63.